The van der Waals surface area contributed by atoms with E-state index in [2.05, 4.69) is 11.0 Å². The highest BCUT2D eigenvalue weighted by Gasteiger charge is 1.87. The lowest BCUT2D eigenvalue weighted by atomic mass is 11.1. The highest BCUT2D eigenvalue weighted by atomic mass is 16.3. The van der Waals surface area contributed by atoms with E-state index in [-0.39, 0.29) is 0 Å². The van der Waals surface area contributed by atoms with Crippen LogP contribution in [-0.4, -0.2) is 11.5 Å². The Morgan fingerprint density at radius 1 is 2.00 bits per heavy atom. The molecule has 36 valence electrons. The van der Waals surface area contributed by atoms with Crippen LogP contribution in [0, 0.1) is 5.53 Å². The molecule has 1 unspecified atom stereocenters. The number of nitrogens with zero attached hydrogens (tertiary/aromatic N) is 1. The number of rotatable bonds is 2. The summed E-state index contributed by atoms with van der Waals surface area (Å²) in [6, 6.07) is 0. The molecule has 5 heteroatoms. The van der Waals surface area contributed by atoms with Crippen LogP contribution in [0.25, 0.3) is 0 Å². The van der Waals surface area contributed by atoms with Crippen molar-refractivity contribution in [3.05, 3.63) is 0 Å². The van der Waals surface area contributed by atoms with Crippen molar-refractivity contribution >= 4 is 0 Å². The van der Waals surface area contributed by atoms with Crippen molar-refractivity contribution < 1.29 is 5.11 Å². The van der Waals surface area contributed by atoms with Gasteiger partial charge in [-0.3, -0.25) is 5.84 Å². The van der Waals surface area contributed by atoms with Gasteiger partial charge in [-0.25, -0.2) is 11.0 Å². The van der Waals surface area contributed by atoms with E-state index < -0.39 is 6.35 Å². The average molecular weight is 90.1 g/mol. The first kappa shape index (κ1) is 5.48. The van der Waals surface area contributed by atoms with Crippen LogP contribution in [0.4, 0.5) is 0 Å². The molecular weight excluding hydrogens is 84.0 g/mol. The lowest BCUT2D eigenvalue weighted by Crippen LogP contribution is -2.32. The molecule has 1 atom stereocenters. The van der Waals surface area contributed by atoms with E-state index in [4.69, 9.17) is 10.6 Å². The topological polar surface area (TPSA) is 94.5 Å². The van der Waals surface area contributed by atoms with E-state index >= 15 is 0 Å². The summed E-state index contributed by atoms with van der Waals surface area (Å²) in [4.78, 5) is 0. The first-order valence-electron chi connectivity index (χ1n) is 1.32. The minimum absolute atomic E-state index is 1.25. The molecule has 0 saturated carbocycles. The minimum Gasteiger partial charge on any atom is -0.358 e. The molecule has 0 amide bonds. The number of hydrogen-bond donors (Lipinski definition) is 4. The fourth-order valence-corrected chi connectivity index (χ4v) is 0.0373. The Hall–Kier alpha value is -0.520. The van der Waals surface area contributed by atoms with Gasteiger partial charge in [0.15, 0.2) is 0 Å². The van der Waals surface area contributed by atoms with Crippen LogP contribution in [0.2, 0.25) is 0 Å². The van der Waals surface area contributed by atoms with Crippen molar-refractivity contribution in [1.82, 2.24) is 5.43 Å². The Morgan fingerprint density at radius 2 is 2.50 bits per heavy atom. The molecule has 5 nitrogen and oxygen atoms in total. The summed E-state index contributed by atoms with van der Waals surface area (Å²) in [6.07, 6.45) is -1.25. The van der Waals surface area contributed by atoms with Gasteiger partial charge in [0.2, 0.25) is 6.35 Å². The maximum Gasteiger partial charge on any atom is 0.233 e. The average Bonchev–Trinajstić information content (AvgIpc) is 1.65. The lowest BCUT2D eigenvalue weighted by molar-refractivity contribution is 0.136. The van der Waals surface area contributed by atoms with Gasteiger partial charge in [0.1, 0.15) is 0 Å². The van der Waals surface area contributed by atoms with Crippen molar-refractivity contribution in [3.63, 3.8) is 0 Å². The van der Waals surface area contributed by atoms with E-state index in [9.17, 15) is 0 Å². The summed E-state index contributed by atoms with van der Waals surface area (Å²) in [7, 11) is 0. The quantitative estimate of drug-likeness (QED) is 0.148. The second-order valence-corrected chi connectivity index (χ2v) is 0.669. The molecule has 0 heterocycles. The zero-order valence-corrected chi connectivity index (χ0v) is 3.05. The van der Waals surface area contributed by atoms with Crippen molar-refractivity contribution in [2.75, 3.05) is 0 Å². The molecule has 0 aromatic carbocycles. The monoisotopic (exact) mass is 90.1 g/mol. The predicted molar refractivity (Wildman–Crippen MR) is 18.5 cm³/mol. The first-order chi connectivity index (χ1) is 2.81. The molecule has 0 spiro atoms. The Labute approximate surface area is 34.6 Å². The van der Waals surface area contributed by atoms with Crippen molar-refractivity contribution in [2.24, 2.45) is 11.0 Å². The molecule has 0 rings (SSSR count). The summed E-state index contributed by atoms with van der Waals surface area (Å²) in [5, 5.41) is 10.7. The molecule has 6 heavy (non-hydrogen) atoms. The van der Waals surface area contributed by atoms with Crippen molar-refractivity contribution in [1.29, 1.82) is 5.53 Å². The molecule has 0 aromatic rings. The number of hydrazine groups is 1. The van der Waals surface area contributed by atoms with Gasteiger partial charge in [-0.1, -0.05) is 0 Å². The van der Waals surface area contributed by atoms with E-state index in [1.165, 1.54) is 0 Å². The molecule has 0 aliphatic heterocycles. The van der Waals surface area contributed by atoms with Gasteiger partial charge in [0.25, 0.3) is 0 Å². The normalized spacial score (nSPS) is 13.7. The maximum atomic E-state index is 8.08. The van der Waals surface area contributed by atoms with Gasteiger partial charge >= 0.3 is 0 Å². The molecule has 0 aliphatic rings. The lowest BCUT2D eigenvalue weighted by Gasteiger charge is -1.94. The molecule has 0 aliphatic carbocycles. The molecular formula is CH6N4O. The summed E-state index contributed by atoms with van der Waals surface area (Å²) < 4.78 is 0. The smallest absolute Gasteiger partial charge is 0.233 e. The molecule has 0 fully saturated rings. The summed E-state index contributed by atoms with van der Waals surface area (Å²) >= 11 is 0. The second-order valence-electron chi connectivity index (χ2n) is 0.669. The zero-order valence-electron chi connectivity index (χ0n) is 3.05. The first-order valence-corrected chi connectivity index (χ1v) is 1.32. The SMILES string of the molecule is N=NC(O)NN. The highest BCUT2D eigenvalue weighted by molar-refractivity contribution is 4.26. The van der Waals surface area contributed by atoms with Gasteiger partial charge in [0, 0.05) is 0 Å². The molecule has 0 saturated heterocycles. The van der Waals surface area contributed by atoms with Gasteiger partial charge in [0.05, 0.1) is 0 Å². The fraction of sp³-hybridized carbons (Fsp3) is 1.00. The summed E-state index contributed by atoms with van der Waals surface area (Å²) in [5.41, 5.74) is 7.86. The van der Waals surface area contributed by atoms with Crippen LogP contribution in [0.1, 0.15) is 0 Å². The van der Waals surface area contributed by atoms with Crippen molar-refractivity contribution in [2.45, 2.75) is 6.35 Å². The second kappa shape index (κ2) is 2.70. The highest BCUT2D eigenvalue weighted by Crippen LogP contribution is 1.67. The minimum atomic E-state index is -1.25. The van der Waals surface area contributed by atoms with Crippen LogP contribution >= 0.6 is 0 Å². The molecule has 0 aromatic heterocycles. The Morgan fingerprint density at radius 3 is 2.50 bits per heavy atom. The van der Waals surface area contributed by atoms with Crippen LogP contribution in [0.15, 0.2) is 5.11 Å². The van der Waals surface area contributed by atoms with Gasteiger partial charge in [-0.2, -0.15) is 0 Å². The Balaban J connectivity index is 2.96. The van der Waals surface area contributed by atoms with Crippen molar-refractivity contribution in [3.8, 4) is 0 Å². The number of aliphatic hydroxyl groups is 1. The number of hydrogen-bond acceptors (Lipinski definition) is 5. The largest absolute Gasteiger partial charge is 0.358 e. The molecule has 0 bridgehead atoms. The molecule has 0 radical (unpaired) electrons. The molecule has 5 N–H and O–H groups in total. The standard InChI is InChI=1S/CH6N4O/c2-4-1(6)5-3/h1-2,5-6H,3H2. The van der Waals surface area contributed by atoms with E-state index in [0.717, 1.165) is 0 Å². The maximum absolute atomic E-state index is 8.08. The third-order valence-electron chi connectivity index (χ3n) is 0.271. The van der Waals surface area contributed by atoms with Gasteiger partial charge in [-0.15, -0.1) is 5.11 Å². The van der Waals surface area contributed by atoms with Crippen LogP contribution in [-0.2, 0) is 0 Å². The predicted octanol–water partition coefficient (Wildman–Crippen LogP) is -1.24. The van der Waals surface area contributed by atoms with Crippen LogP contribution < -0.4 is 11.3 Å². The number of nitrogens with two attached hydrogens (primary N) is 1. The van der Waals surface area contributed by atoms with E-state index in [0.29, 0.717) is 0 Å². The third-order valence-corrected chi connectivity index (χ3v) is 0.271. The Kier molecular flexibility index (Phi) is 2.47. The van der Waals surface area contributed by atoms with Gasteiger partial charge < -0.3 is 5.11 Å². The zero-order chi connectivity index (χ0) is 4.99. The van der Waals surface area contributed by atoms with E-state index in [1.54, 1.807) is 0 Å². The number of aliphatic hydroxyl groups excluding tert-OH is 1. The van der Waals surface area contributed by atoms with E-state index in [1.807, 2.05) is 5.43 Å². The van der Waals surface area contributed by atoms with Crippen LogP contribution in [0.3, 0.4) is 0 Å². The summed E-state index contributed by atoms with van der Waals surface area (Å²) in [5.74, 6) is 4.57. The summed E-state index contributed by atoms with van der Waals surface area (Å²) in [6.45, 7) is 0. The van der Waals surface area contributed by atoms with Crippen LogP contribution in [0.5, 0.6) is 0 Å². The number of nitrogens with one attached hydrogen (secondary N) is 2. The fourth-order valence-electron chi connectivity index (χ4n) is 0.0373. The Bertz CT molecular complexity index is 44.8. The third kappa shape index (κ3) is 1.77. The van der Waals surface area contributed by atoms with Gasteiger partial charge in [-0.05, 0) is 0 Å².